The Balaban J connectivity index is 1.90. The van der Waals surface area contributed by atoms with E-state index < -0.39 is 14.3 Å². The maximum atomic E-state index is 12.8. The van der Waals surface area contributed by atoms with Crippen LogP contribution in [-0.4, -0.2) is 20.8 Å². The van der Waals surface area contributed by atoms with Crippen molar-refractivity contribution in [1.29, 1.82) is 0 Å². The third kappa shape index (κ3) is 8.20. The molecular formula is C35H41IO3. The van der Waals surface area contributed by atoms with Crippen LogP contribution in [-0.2, 0) is 12.8 Å². The number of rotatable bonds is 9. The molecule has 206 valence electrons. The first kappa shape index (κ1) is 30.9. The molecule has 0 aliphatic heterocycles. The lowest BCUT2D eigenvalue weighted by atomic mass is 9.83. The Bertz CT molecular complexity index is 1240. The van der Waals surface area contributed by atoms with Crippen molar-refractivity contribution in [2.45, 2.75) is 77.6 Å². The van der Waals surface area contributed by atoms with Gasteiger partial charge in [0.05, 0.1) is 3.42 Å². The highest BCUT2D eigenvalue weighted by molar-refractivity contribution is 14.1. The topological polar surface area (TPSA) is 51.2 Å². The predicted octanol–water partition coefficient (Wildman–Crippen LogP) is 9.11. The summed E-state index contributed by atoms with van der Waals surface area (Å²) in [5, 5.41) is 0. The van der Waals surface area contributed by atoms with Crippen LogP contribution in [0.2, 0.25) is 0 Å². The van der Waals surface area contributed by atoms with Crippen LogP contribution >= 0.6 is 22.6 Å². The zero-order valence-corrected chi connectivity index (χ0v) is 26.7. The lowest BCUT2D eigenvalue weighted by Crippen LogP contribution is -2.23. The van der Waals surface area contributed by atoms with E-state index in [2.05, 4.69) is 34.7 Å². The molecule has 0 fully saturated rings. The van der Waals surface area contributed by atoms with Crippen molar-refractivity contribution in [2.24, 2.45) is 10.8 Å². The van der Waals surface area contributed by atoms with Gasteiger partial charge >= 0.3 is 0 Å². The summed E-state index contributed by atoms with van der Waals surface area (Å²) in [6.45, 7) is 15.5. The molecule has 3 rings (SSSR count). The first-order valence-electron chi connectivity index (χ1n) is 13.6. The van der Waals surface area contributed by atoms with Crippen LogP contribution in [0.25, 0.3) is 0 Å². The van der Waals surface area contributed by atoms with Crippen LogP contribution in [0.5, 0.6) is 0 Å². The van der Waals surface area contributed by atoms with Gasteiger partial charge in [-0.25, -0.2) is 0 Å². The maximum absolute atomic E-state index is 12.8. The van der Waals surface area contributed by atoms with E-state index in [4.69, 9.17) is 0 Å². The van der Waals surface area contributed by atoms with Crippen molar-refractivity contribution in [3.8, 4) is 0 Å². The molecule has 0 N–H and O–H groups in total. The molecule has 0 spiro atoms. The zero-order valence-electron chi connectivity index (χ0n) is 24.5. The molecule has 4 heteroatoms. The van der Waals surface area contributed by atoms with Crippen LogP contribution in [0, 0.1) is 10.8 Å². The van der Waals surface area contributed by atoms with E-state index in [-0.39, 0.29) is 23.3 Å². The van der Waals surface area contributed by atoms with Gasteiger partial charge in [-0.2, -0.15) is 0 Å². The summed E-state index contributed by atoms with van der Waals surface area (Å²) < 4.78 is -0.461. The highest BCUT2D eigenvalue weighted by Gasteiger charge is 2.26. The average molecular weight is 637 g/mol. The third-order valence-electron chi connectivity index (χ3n) is 6.94. The third-order valence-corrected chi connectivity index (χ3v) is 7.43. The van der Waals surface area contributed by atoms with Gasteiger partial charge in [-0.3, -0.25) is 14.4 Å². The Morgan fingerprint density at radius 3 is 1.15 bits per heavy atom. The van der Waals surface area contributed by atoms with E-state index in [1.807, 2.05) is 116 Å². The van der Waals surface area contributed by atoms with Crippen molar-refractivity contribution < 1.29 is 14.4 Å². The minimum absolute atomic E-state index is 0.115. The summed E-state index contributed by atoms with van der Waals surface area (Å²) in [5.74, 6) is 0.544. The number of carbonyl (C=O) groups is 3. The number of carbonyl (C=O) groups excluding carboxylic acids is 3. The molecule has 0 saturated heterocycles. The van der Waals surface area contributed by atoms with Gasteiger partial charge in [0, 0.05) is 27.5 Å². The SMILES string of the molecule is CC(C)(C)C(=O)c1ccc(CC(Cc2ccc(C(=O)C(C)(C)C)cc2)c2ccc(C(=O)C(C)(C)I)cc2)cc1. The molecule has 39 heavy (non-hydrogen) atoms. The second-order valence-electron chi connectivity index (χ2n) is 13.1. The summed E-state index contributed by atoms with van der Waals surface area (Å²) in [6.07, 6.45) is 1.58. The van der Waals surface area contributed by atoms with Gasteiger partial charge in [0.15, 0.2) is 17.3 Å². The molecule has 0 atom stereocenters. The maximum Gasteiger partial charge on any atom is 0.178 e. The molecule has 0 unspecified atom stereocenters. The fourth-order valence-corrected chi connectivity index (χ4v) is 4.89. The molecule has 3 nitrogen and oxygen atoms in total. The Morgan fingerprint density at radius 2 is 0.846 bits per heavy atom. The van der Waals surface area contributed by atoms with Crippen LogP contribution in [0.15, 0.2) is 72.8 Å². The standard InChI is InChI=1S/C35H41IO3/c1-33(2,3)30(37)26-13-9-23(10-14-26)21-29(25-17-19-28(20-18-25)32(39)35(7,8)36)22-24-11-15-27(16-12-24)31(38)34(4,5)6/h9-20,29H,21-22H2,1-8H3. The first-order chi connectivity index (χ1) is 18.0. The van der Waals surface area contributed by atoms with Gasteiger partial charge in [0.1, 0.15) is 0 Å². The van der Waals surface area contributed by atoms with E-state index in [0.717, 1.165) is 40.7 Å². The molecular weight excluding hydrogens is 595 g/mol. The van der Waals surface area contributed by atoms with Crippen molar-refractivity contribution in [3.05, 3.63) is 106 Å². The highest BCUT2D eigenvalue weighted by atomic mass is 127. The van der Waals surface area contributed by atoms with Crippen LogP contribution in [0.4, 0.5) is 0 Å². The minimum atomic E-state index is -0.461. The van der Waals surface area contributed by atoms with Gasteiger partial charge in [-0.05, 0) is 49.3 Å². The lowest BCUT2D eigenvalue weighted by Gasteiger charge is -2.21. The summed E-state index contributed by atoms with van der Waals surface area (Å²) in [4.78, 5) is 38.2. The second kappa shape index (κ2) is 11.9. The highest BCUT2D eigenvalue weighted by Crippen LogP contribution is 2.30. The van der Waals surface area contributed by atoms with E-state index in [9.17, 15) is 14.4 Å². The number of hydrogen-bond donors (Lipinski definition) is 0. The quantitative estimate of drug-likeness (QED) is 0.134. The molecule has 0 saturated carbocycles. The van der Waals surface area contributed by atoms with Crippen molar-refractivity contribution >= 4 is 39.9 Å². The van der Waals surface area contributed by atoms with Crippen LogP contribution in [0.1, 0.15) is 109 Å². The molecule has 0 bridgehead atoms. The van der Waals surface area contributed by atoms with E-state index in [1.54, 1.807) is 0 Å². The van der Waals surface area contributed by atoms with Crippen molar-refractivity contribution in [3.63, 3.8) is 0 Å². The smallest absolute Gasteiger partial charge is 0.178 e. The summed E-state index contributed by atoms with van der Waals surface area (Å²) in [6, 6.07) is 23.9. The summed E-state index contributed by atoms with van der Waals surface area (Å²) in [5.41, 5.74) is 4.79. The fourth-order valence-electron chi connectivity index (χ4n) is 4.58. The minimum Gasteiger partial charge on any atom is -0.294 e. The van der Waals surface area contributed by atoms with Crippen LogP contribution in [0.3, 0.4) is 0 Å². The van der Waals surface area contributed by atoms with Crippen LogP contribution < -0.4 is 0 Å². The number of halogens is 1. The van der Waals surface area contributed by atoms with Gasteiger partial charge in [0.2, 0.25) is 0 Å². The summed E-state index contributed by atoms with van der Waals surface area (Å²) in [7, 11) is 0. The number of alkyl halides is 1. The largest absolute Gasteiger partial charge is 0.294 e. The van der Waals surface area contributed by atoms with Gasteiger partial charge < -0.3 is 0 Å². The number of benzene rings is 3. The second-order valence-corrected chi connectivity index (χ2v) is 15.8. The molecule has 3 aromatic carbocycles. The zero-order chi connectivity index (χ0) is 29.2. The fraction of sp³-hybridized carbons (Fsp3) is 0.400. The number of ketones is 3. The van der Waals surface area contributed by atoms with E-state index in [1.165, 1.54) is 0 Å². The monoisotopic (exact) mass is 636 g/mol. The number of hydrogen-bond acceptors (Lipinski definition) is 3. The molecule has 0 radical (unpaired) electrons. The van der Waals surface area contributed by atoms with E-state index in [0.29, 0.717) is 5.56 Å². The molecule has 3 aromatic rings. The Kier molecular flexibility index (Phi) is 9.42. The molecule has 0 amide bonds. The van der Waals surface area contributed by atoms with Gasteiger partial charge in [-0.15, -0.1) is 0 Å². The lowest BCUT2D eigenvalue weighted by molar-refractivity contribution is 0.0852. The summed E-state index contributed by atoms with van der Waals surface area (Å²) >= 11 is 2.18. The normalized spacial score (nSPS) is 12.5. The molecule has 0 aliphatic carbocycles. The Morgan fingerprint density at radius 1 is 0.538 bits per heavy atom. The Hall–Kier alpha value is -2.60. The van der Waals surface area contributed by atoms with Crippen molar-refractivity contribution in [1.82, 2.24) is 0 Å². The Labute approximate surface area is 247 Å². The van der Waals surface area contributed by atoms with E-state index >= 15 is 0 Å². The molecule has 0 aliphatic rings. The molecule has 0 aromatic heterocycles. The average Bonchev–Trinajstić information content (AvgIpc) is 2.86. The molecule has 0 heterocycles. The van der Waals surface area contributed by atoms with Gasteiger partial charge in [-0.1, -0.05) is 137 Å². The first-order valence-corrected chi connectivity index (χ1v) is 14.7. The van der Waals surface area contributed by atoms with Crippen molar-refractivity contribution in [2.75, 3.05) is 0 Å². The predicted molar refractivity (Wildman–Crippen MR) is 169 cm³/mol. The van der Waals surface area contributed by atoms with Gasteiger partial charge in [0.25, 0.3) is 0 Å². The number of Topliss-reactive ketones (excluding diaryl/α,β-unsaturated/α-hetero) is 3.